The fourth-order valence-corrected chi connectivity index (χ4v) is 1.64. The van der Waals surface area contributed by atoms with Gasteiger partial charge in [0.1, 0.15) is 10.5 Å². The monoisotopic (exact) mass is 278 g/mol. The van der Waals surface area contributed by atoms with Gasteiger partial charge in [-0.1, -0.05) is 26.7 Å². The smallest absolute Gasteiger partial charge is 0.180 e. The lowest BCUT2D eigenvalue weighted by Crippen LogP contribution is -2.25. The van der Waals surface area contributed by atoms with Crippen molar-refractivity contribution in [2.24, 2.45) is 0 Å². The molecule has 0 saturated carbocycles. The summed E-state index contributed by atoms with van der Waals surface area (Å²) < 4.78 is 22.0. The van der Waals surface area contributed by atoms with Crippen molar-refractivity contribution in [2.45, 2.75) is 52.2 Å². The van der Waals surface area contributed by atoms with Crippen LogP contribution in [0.5, 0.6) is 0 Å². The third-order valence-electron chi connectivity index (χ3n) is 2.49. The molecule has 0 aromatic carbocycles. The van der Waals surface area contributed by atoms with E-state index in [2.05, 4.69) is 13.8 Å². The minimum Gasteiger partial charge on any atom is -0.428 e. The Morgan fingerprint density at radius 1 is 0.833 bits per heavy atom. The minimum absolute atomic E-state index is 0.220. The highest BCUT2D eigenvalue weighted by Crippen LogP contribution is 2.01. The average Bonchev–Trinajstić information content (AvgIpc) is 2.39. The molecule has 0 amide bonds. The van der Waals surface area contributed by atoms with Crippen LogP contribution in [-0.2, 0) is 18.6 Å². The first-order valence-electron chi connectivity index (χ1n) is 7.15. The molecule has 0 N–H and O–H groups in total. The molecule has 1 unspecified atom stereocenters. The molecule has 1 atom stereocenters. The molecule has 18 heavy (non-hydrogen) atoms. The Morgan fingerprint density at radius 3 is 2.06 bits per heavy atom. The molecule has 0 aromatic heterocycles. The van der Waals surface area contributed by atoms with Crippen LogP contribution in [0.1, 0.15) is 46.0 Å². The van der Waals surface area contributed by atoms with Crippen molar-refractivity contribution in [3.05, 3.63) is 0 Å². The van der Waals surface area contributed by atoms with Crippen molar-refractivity contribution < 1.29 is 18.6 Å². The van der Waals surface area contributed by atoms with Gasteiger partial charge >= 0.3 is 0 Å². The van der Waals surface area contributed by atoms with E-state index in [1.807, 2.05) is 0 Å². The Bertz CT molecular complexity index is 146. The molecule has 0 bridgehead atoms. The Kier molecular flexibility index (Phi) is 15.2. The van der Waals surface area contributed by atoms with Crippen LogP contribution in [0.3, 0.4) is 0 Å². The molecule has 0 aliphatic heterocycles. The van der Waals surface area contributed by atoms with E-state index < -0.39 is 0 Å². The number of hydrogen-bond acceptors (Lipinski definition) is 4. The van der Waals surface area contributed by atoms with Crippen LogP contribution in [0.15, 0.2) is 0 Å². The molecular weight excluding hydrogens is 248 g/mol. The van der Waals surface area contributed by atoms with Crippen LogP contribution < -0.4 is 0 Å². The molecule has 0 radical (unpaired) electrons. The molecule has 0 saturated heterocycles. The lowest BCUT2D eigenvalue weighted by molar-refractivity contribution is -0.174. The zero-order valence-corrected chi connectivity index (χ0v) is 14.3. The van der Waals surface area contributed by atoms with Gasteiger partial charge in [-0.25, -0.2) is 0 Å². The molecule has 4 nitrogen and oxygen atoms in total. The molecule has 110 valence electrons. The maximum atomic E-state index is 5.66. The molecule has 0 fully saturated rings. The number of ether oxygens (including phenoxy) is 3. The van der Waals surface area contributed by atoms with Crippen molar-refractivity contribution in [3.63, 3.8) is 0 Å². The number of hydrogen-bond donors (Lipinski definition) is 0. The average molecular weight is 278 g/mol. The van der Waals surface area contributed by atoms with Crippen LogP contribution in [0, 0.1) is 0 Å². The normalized spacial score (nSPS) is 13.0. The zero-order valence-electron chi connectivity index (χ0n) is 12.3. The molecule has 0 aliphatic rings. The quantitative estimate of drug-likeness (QED) is 0.275. The largest absolute Gasteiger partial charge is 0.428 e. The predicted octanol–water partition coefficient (Wildman–Crippen LogP) is 1.65. The minimum atomic E-state index is -0.220. The van der Waals surface area contributed by atoms with Gasteiger partial charge in [-0.3, -0.25) is 0 Å². The lowest BCUT2D eigenvalue weighted by atomic mass is 10.4. The van der Waals surface area contributed by atoms with Crippen molar-refractivity contribution in [1.29, 1.82) is 0 Å². The van der Waals surface area contributed by atoms with Crippen LogP contribution in [-0.4, -0.2) is 49.8 Å². The van der Waals surface area contributed by atoms with Gasteiger partial charge in [-0.15, -0.1) is 0 Å². The fourth-order valence-electron chi connectivity index (χ4n) is 1.35. The van der Waals surface area contributed by atoms with Crippen molar-refractivity contribution in [3.8, 4) is 0 Å². The van der Waals surface area contributed by atoms with E-state index in [1.54, 1.807) is 0 Å². The summed E-state index contributed by atoms with van der Waals surface area (Å²) in [7, 11) is 0.795. The van der Waals surface area contributed by atoms with E-state index in [1.165, 1.54) is 0 Å². The molecule has 0 rings (SSSR count). The van der Waals surface area contributed by atoms with Gasteiger partial charge in [-0.05, 0) is 19.3 Å². The third kappa shape index (κ3) is 12.5. The predicted molar refractivity (Wildman–Crippen MR) is 76.8 cm³/mol. The molecule has 0 heterocycles. The lowest BCUT2D eigenvalue weighted by Gasteiger charge is -2.18. The topological polar surface area (TPSA) is 36.9 Å². The molecule has 0 spiro atoms. The first kappa shape index (κ1) is 18.1. The van der Waals surface area contributed by atoms with E-state index in [0.717, 1.165) is 62.4 Å². The maximum absolute atomic E-state index is 5.66. The van der Waals surface area contributed by atoms with Gasteiger partial charge in [0.05, 0.1) is 13.2 Å². The molecular formula is C13H30O4Si. The van der Waals surface area contributed by atoms with Crippen LogP contribution in [0.25, 0.3) is 0 Å². The van der Waals surface area contributed by atoms with E-state index in [0.29, 0.717) is 13.2 Å². The van der Waals surface area contributed by atoms with Gasteiger partial charge < -0.3 is 18.6 Å². The second-order valence-corrected chi connectivity index (χ2v) is 4.88. The maximum Gasteiger partial charge on any atom is 0.180 e. The van der Waals surface area contributed by atoms with Crippen molar-refractivity contribution in [1.82, 2.24) is 0 Å². The highest BCUT2D eigenvalue weighted by molar-refractivity contribution is 5.97. The van der Waals surface area contributed by atoms with E-state index in [4.69, 9.17) is 18.6 Å². The Balaban J connectivity index is 3.62. The summed E-state index contributed by atoms with van der Waals surface area (Å²) in [4.78, 5) is 0. The second-order valence-electron chi connectivity index (χ2n) is 4.30. The summed E-state index contributed by atoms with van der Waals surface area (Å²) in [5, 5.41) is 0. The first-order valence-corrected chi connectivity index (χ1v) is 7.96. The van der Waals surface area contributed by atoms with E-state index >= 15 is 0 Å². The van der Waals surface area contributed by atoms with Gasteiger partial charge in [0.15, 0.2) is 6.29 Å². The summed E-state index contributed by atoms with van der Waals surface area (Å²) in [6, 6.07) is 0. The summed E-state index contributed by atoms with van der Waals surface area (Å²) >= 11 is 0. The summed E-state index contributed by atoms with van der Waals surface area (Å²) in [5.74, 6) is 0. The van der Waals surface area contributed by atoms with Crippen molar-refractivity contribution in [2.75, 3.05) is 33.0 Å². The molecule has 5 heteroatoms. The summed E-state index contributed by atoms with van der Waals surface area (Å²) in [5.41, 5.74) is 0. The van der Waals surface area contributed by atoms with Crippen molar-refractivity contribution >= 4 is 10.5 Å². The van der Waals surface area contributed by atoms with Gasteiger partial charge in [0.25, 0.3) is 0 Å². The standard InChI is InChI=1S/C13H30O4Si/c1-3-5-8-14-12-13(15-9-6-4-2)16-10-7-11-17-18/h13H,3-12H2,1-2,18H3. The number of rotatable bonds is 14. The first-order chi connectivity index (χ1) is 8.85. The molecule has 0 aromatic rings. The number of unbranched alkanes of at least 4 members (excludes halogenated alkanes) is 2. The summed E-state index contributed by atoms with van der Waals surface area (Å²) in [6.07, 6.45) is 5.15. The fraction of sp³-hybridized carbons (Fsp3) is 1.00. The van der Waals surface area contributed by atoms with Gasteiger partial charge in [0, 0.05) is 19.8 Å². The highest BCUT2D eigenvalue weighted by atomic mass is 28.2. The SMILES string of the molecule is CCCCOCC(OCCCC)OCCCO[SiH3]. The zero-order chi connectivity index (χ0) is 13.5. The van der Waals surface area contributed by atoms with Gasteiger partial charge in [0.2, 0.25) is 0 Å². The van der Waals surface area contributed by atoms with E-state index in [-0.39, 0.29) is 6.29 Å². The third-order valence-corrected chi connectivity index (χ3v) is 2.90. The van der Waals surface area contributed by atoms with Crippen LogP contribution in [0.4, 0.5) is 0 Å². The van der Waals surface area contributed by atoms with Crippen LogP contribution in [0.2, 0.25) is 0 Å². The second kappa shape index (κ2) is 15.1. The Hall–Kier alpha value is 0.0569. The Morgan fingerprint density at radius 2 is 1.44 bits per heavy atom. The highest BCUT2D eigenvalue weighted by Gasteiger charge is 2.09. The van der Waals surface area contributed by atoms with Gasteiger partial charge in [-0.2, -0.15) is 0 Å². The van der Waals surface area contributed by atoms with E-state index in [9.17, 15) is 0 Å². The molecule has 0 aliphatic carbocycles. The van der Waals surface area contributed by atoms with Crippen LogP contribution >= 0.6 is 0 Å². The Labute approximate surface area is 115 Å². The summed E-state index contributed by atoms with van der Waals surface area (Å²) in [6.45, 7) is 7.83.